The first-order chi connectivity index (χ1) is 16.6. The Hall–Kier alpha value is -3.52. The topological polar surface area (TPSA) is 89.7 Å². The zero-order chi connectivity index (χ0) is 24.9. The lowest BCUT2D eigenvalue weighted by atomic mass is 9.91. The molecular weight excluding hydrogens is 438 g/mol. The maximum Gasteiger partial charge on any atom is 0.278 e. The van der Waals surface area contributed by atoms with E-state index in [1.807, 2.05) is 30.7 Å². The van der Waals surface area contributed by atoms with Gasteiger partial charge in [-0.15, -0.1) is 0 Å². The quantitative estimate of drug-likeness (QED) is 0.444. The van der Waals surface area contributed by atoms with Gasteiger partial charge in [-0.2, -0.15) is 4.98 Å². The van der Waals surface area contributed by atoms with Gasteiger partial charge in [0.2, 0.25) is 5.95 Å². The van der Waals surface area contributed by atoms with Crippen LogP contribution in [0.15, 0.2) is 47.5 Å². The van der Waals surface area contributed by atoms with Gasteiger partial charge in [0.15, 0.2) is 5.65 Å². The Balaban J connectivity index is 1.63. The van der Waals surface area contributed by atoms with Crippen molar-refractivity contribution in [3.63, 3.8) is 0 Å². The summed E-state index contributed by atoms with van der Waals surface area (Å²) < 4.78 is 3.63. The lowest BCUT2D eigenvalue weighted by molar-refractivity contribution is 0.474. The fourth-order valence-electron chi connectivity index (χ4n) is 4.70. The number of fused-ring (bicyclic) bond motifs is 2. The van der Waals surface area contributed by atoms with Gasteiger partial charge in [-0.05, 0) is 69.1 Å². The number of nitrogens with zero attached hydrogens (tertiary/aromatic N) is 5. The highest BCUT2D eigenvalue weighted by molar-refractivity contribution is 5.77. The molecule has 0 saturated heterocycles. The van der Waals surface area contributed by atoms with Crippen LogP contribution < -0.4 is 16.2 Å². The fraction of sp³-hybridized carbons (Fsp3) is 0.407. The Kier molecular flexibility index (Phi) is 5.71. The lowest BCUT2D eigenvalue weighted by Gasteiger charge is -2.24. The molecule has 0 spiro atoms. The van der Waals surface area contributed by atoms with E-state index in [-0.39, 0.29) is 17.0 Å². The maximum atomic E-state index is 13.3. The summed E-state index contributed by atoms with van der Waals surface area (Å²) >= 11 is 0. The summed E-state index contributed by atoms with van der Waals surface area (Å²) in [6, 6.07) is 10.6. The summed E-state index contributed by atoms with van der Waals surface area (Å²) in [6.45, 7) is 13.6. The second-order valence-electron chi connectivity index (χ2n) is 10.6. The van der Waals surface area contributed by atoms with E-state index in [9.17, 15) is 4.79 Å². The minimum absolute atomic E-state index is 0.0611. The lowest BCUT2D eigenvalue weighted by Crippen LogP contribution is -2.27. The van der Waals surface area contributed by atoms with Crippen molar-refractivity contribution < 1.29 is 0 Å². The summed E-state index contributed by atoms with van der Waals surface area (Å²) in [7, 11) is 0. The summed E-state index contributed by atoms with van der Waals surface area (Å²) in [6.07, 6.45) is 4.44. The van der Waals surface area contributed by atoms with Crippen LogP contribution >= 0.6 is 0 Å². The number of hydrogen-bond acceptors (Lipinski definition) is 6. The van der Waals surface area contributed by atoms with Crippen molar-refractivity contribution in [1.29, 1.82) is 0 Å². The molecule has 1 atom stereocenters. The van der Waals surface area contributed by atoms with E-state index in [2.05, 4.69) is 66.5 Å². The highest BCUT2D eigenvalue weighted by atomic mass is 16.1. The smallest absolute Gasteiger partial charge is 0.278 e. The molecule has 1 aliphatic rings. The summed E-state index contributed by atoms with van der Waals surface area (Å²) in [5.41, 5.74) is 5.72. The zero-order valence-electron chi connectivity index (χ0n) is 21.3. The van der Waals surface area contributed by atoms with E-state index in [1.165, 1.54) is 11.1 Å². The molecule has 8 heteroatoms. The molecule has 0 fully saturated rings. The van der Waals surface area contributed by atoms with E-state index < -0.39 is 0 Å². The number of nitrogens with one attached hydrogen (secondary N) is 2. The van der Waals surface area contributed by atoms with Crippen molar-refractivity contribution in [1.82, 2.24) is 29.6 Å². The molecule has 0 aliphatic carbocycles. The Labute approximate surface area is 205 Å². The number of rotatable bonds is 4. The average molecular weight is 472 g/mol. The first-order valence-corrected chi connectivity index (χ1v) is 12.2. The standard InChI is InChI=1S/C27H33N7O/c1-16(2)33-25(35)22-15-30-26(31-19-8-7-18-9-11-28-17(3)21(18)13-19)32-24(22)34(33)20-10-12-29-23(14-20)27(4,5)6/h7-8,10,12-17,28H,9,11H2,1-6H3,(H,30,31,32). The molecule has 5 rings (SSSR count). The molecular formula is C27H33N7O. The van der Waals surface area contributed by atoms with Crippen LogP contribution in [0, 0.1) is 0 Å². The van der Waals surface area contributed by atoms with Gasteiger partial charge in [0.1, 0.15) is 5.39 Å². The third kappa shape index (κ3) is 4.23. The second kappa shape index (κ2) is 8.61. The van der Waals surface area contributed by atoms with E-state index in [0.717, 1.165) is 30.0 Å². The Morgan fingerprint density at radius 3 is 2.69 bits per heavy atom. The van der Waals surface area contributed by atoms with Gasteiger partial charge >= 0.3 is 0 Å². The van der Waals surface area contributed by atoms with Crippen molar-refractivity contribution in [2.45, 2.75) is 65.5 Å². The van der Waals surface area contributed by atoms with Gasteiger partial charge in [0.25, 0.3) is 5.56 Å². The van der Waals surface area contributed by atoms with Crippen molar-refractivity contribution >= 4 is 22.7 Å². The van der Waals surface area contributed by atoms with E-state index >= 15 is 0 Å². The maximum absolute atomic E-state index is 13.3. The van der Waals surface area contributed by atoms with E-state index in [1.54, 1.807) is 17.1 Å². The van der Waals surface area contributed by atoms with Gasteiger partial charge in [0, 0.05) is 41.3 Å². The van der Waals surface area contributed by atoms with Gasteiger partial charge in [0.05, 0.1) is 5.69 Å². The molecule has 4 heterocycles. The van der Waals surface area contributed by atoms with Crippen LogP contribution in [0.3, 0.4) is 0 Å². The molecule has 0 amide bonds. The van der Waals surface area contributed by atoms with E-state index in [4.69, 9.17) is 4.98 Å². The van der Waals surface area contributed by atoms with E-state index in [0.29, 0.717) is 23.0 Å². The predicted octanol–water partition coefficient (Wildman–Crippen LogP) is 4.81. The summed E-state index contributed by atoms with van der Waals surface area (Å²) in [5, 5.41) is 7.35. The molecule has 0 radical (unpaired) electrons. The molecule has 8 nitrogen and oxygen atoms in total. The van der Waals surface area contributed by atoms with Gasteiger partial charge < -0.3 is 10.6 Å². The molecule has 35 heavy (non-hydrogen) atoms. The van der Waals surface area contributed by atoms with Crippen LogP contribution in [0.2, 0.25) is 0 Å². The molecule has 1 aliphatic heterocycles. The van der Waals surface area contributed by atoms with Crippen LogP contribution in [0.4, 0.5) is 11.6 Å². The summed E-state index contributed by atoms with van der Waals surface area (Å²) in [5.74, 6) is 0.452. The van der Waals surface area contributed by atoms with Crippen LogP contribution in [0.25, 0.3) is 16.7 Å². The van der Waals surface area contributed by atoms with Crippen molar-refractivity contribution in [2.24, 2.45) is 0 Å². The first kappa shape index (κ1) is 23.2. The third-order valence-corrected chi connectivity index (χ3v) is 6.58. The number of benzene rings is 1. The van der Waals surface area contributed by atoms with Crippen LogP contribution in [0.5, 0.6) is 0 Å². The molecule has 0 bridgehead atoms. The molecule has 182 valence electrons. The molecule has 4 aromatic rings. The highest BCUT2D eigenvalue weighted by Crippen LogP contribution is 2.28. The minimum atomic E-state index is -0.123. The SMILES string of the molecule is CC1NCCc2ccc(Nc3ncc4c(=O)n(C(C)C)n(-c5ccnc(C(C)(C)C)c5)c4n3)cc21. The molecule has 2 N–H and O–H groups in total. The number of anilines is 2. The Morgan fingerprint density at radius 1 is 1.14 bits per heavy atom. The van der Waals surface area contributed by atoms with Gasteiger partial charge in [-0.3, -0.25) is 9.78 Å². The fourth-order valence-corrected chi connectivity index (χ4v) is 4.70. The zero-order valence-corrected chi connectivity index (χ0v) is 21.3. The number of aromatic nitrogens is 5. The molecule has 3 aromatic heterocycles. The number of pyridine rings is 1. The van der Waals surface area contributed by atoms with Crippen molar-refractivity contribution in [2.75, 3.05) is 11.9 Å². The van der Waals surface area contributed by atoms with Crippen molar-refractivity contribution in [3.05, 3.63) is 69.9 Å². The normalized spacial score (nSPS) is 16.0. The molecule has 1 aromatic carbocycles. The van der Waals surface area contributed by atoms with Crippen molar-refractivity contribution in [3.8, 4) is 5.69 Å². The van der Waals surface area contributed by atoms with Crippen LogP contribution in [-0.4, -0.2) is 30.9 Å². The average Bonchev–Trinajstić information content (AvgIpc) is 3.11. The predicted molar refractivity (Wildman–Crippen MR) is 140 cm³/mol. The summed E-state index contributed by atoms with van der Waals surface area (Å²) in [4.78, 5) is 27.2. The third-order valence-electron chi connectivity index (χ3n) is 6.58. The molecule has 0 saturated carbocycles. The minimum Gasteiger partial charge on any atom is -0.324 e. The largest absolute Gasteiger partial charge is 0.324 e. The highest BCUT2D eigenvalue weighted by Gasteiger charge is 2.22. The van der Waals surface area contributed by atoms with Crippen LogP contribution in [0.1, 0.15) is 70.4 Å². The monoisotopic (exact) mass is 471 g/mol. The van der Waals surface area contributed by atoms with Crippen LogP contribution in [-0.2, 0) is 11.8 Å². The first-order valence-electron chi connectivity index (χ1n) is 12.2. The molecule has 1 unspecified atom stereocenters. The number of hydrogen-bond donors (Lipinski definition) is 2. The Bertz CT molecular complexity index is 1460. The second-order valence-corrected chi connectivity index (χ2v) is 10.6. The Morgan fingerprint density at radius 2 is 1.94 bits per heavy atom. The van der Waals surface area contributed by atoms with Gasteiger partial charge in [-0.1, -0.05) is 26.8 Å². The van der Waals surface area contributed by atoms with Gasteiger partial charge in [-0.25, -0.2) is 14.3 Å².